The van der Waals surface area contributed by atoms with Crippen molar-refractivity contribution in [3.63, 3.8) is 0 Å². The van der Waals surface area contributed by atoms with Crippen LogP contribution in [0.4, 0.5) is 34.1 Å². The zero-order valence-corrected chi connectivity index (χ0v) is 67.9. The summed E-state index contributed by atoms with van der Waals surface area (Å²) in [5.41, 5.74) is 32.2. The molecule has 0 saturated heterocycles. The largest absolute Gasteiger partial charge is 0.310 e. The van der Waals surface area contributed by atoms with Gasteiger partial charge in [-0.25, -0.2) is 0 Å². The van der Waals surface area contributed by atoms with Gasteiger partial charge in [0.2, 0.25) is 0 Å². The lowest BCUT2D eigenvalue weighted by atomic mass is 9.67. The van der Waals surface area contributed by atoms with E-state index in [9.17, 15) is 0 Å². The summed E-state index contributed by atoms with van der Waals surface area (Å²) in [5, 5.41) is 0. The second-order valence-electron chi connectivity index (χ2n) is 31.9. The summed E-state index contributed by atoms with van der Waals surface area (Å²) < 4.78 is 2.14. The van der Waals surface area contributed by atoms with Crippen LogP contribution in [0.5, 0.6) is 0 Å². The number of anilines is 6. The van der Waals surface area contributed by atoms with Crippen LogP contribution in [0, 0.1) is 6.92 Å². The van der Waals surface area contributed by atoms with E-state index in [1.165, 1.54) is 225 Å². The molecule has 0 bridgehead atoms. The van der Waals surface area contributed by atoms with Gasteiger partial charge in [0.1, 0.15) is 0 Å². The number of benzene rings is 12. The molecule has 544 valence electrons. The molecule has 4 heteroatoms. The van der Waals surface area contributed by atoms with Crippen molar-refractivity contribution in [3.8, 4) is 55.6 Å². The number of hydrogen-bond acceptors (Lipinski definition) is 2. The minimum absolute atomic E-state index is 0.0698. The van der Waals surface area contributed by atoms with Crippen LogP contribution in [-0.4, -0.2) is 0 Å². The van der Waals surface area contributed by atoms with Crippen molar-refractivity contribution >= 4 is 66.0 Å². The van der Waals surface area contributed by atoms with E-state index in [-0.39, 0.29) is 10.8 Å². The molecule has 0 spiro atoms. The molecule has 0 heterocycles. The Morgan fingerprint density at radius 1 is 0.290 bits per heavy atom. The molecule has 14 rings (SSSR count). The topological polar surface area (TPSA) is 6.48 Å². The smallest absolute Gasteiger partial charge is 0.0714 e. The Hall–Kier alpha value is -8.80. The zero-order chi connectivity index (χ0) is 74.1. The summed E-state index contributed by atoms with van der Waals surface area (Å²) in [6.45, 7) is 18.3. The van der Waals surface area contributed by atoms with Crippen LogP contribution in [0.2, 0.25) is 0 Å². The predicted octanol–water partition coefficient (Wildman–Crippen LogP) is 31.6. The summed E-state index contributed by atoms with van der Waals surface area (Å²) >= 11 is 7.96. The first-order chi connectivity index (χ1) is 52.2. The Morgan fingerprint density at radius 2 is 0.589 bits per heavy atom. The Morgan fingerprint density at radius 3 is 0.953 bits per heavy atom. The molecule has 2 aliphatic carbocycles. The minimum atomic E-state index is -0.590. The van der Waals surface area contributed by atoms with Gasteiger partial charge < -0.3 is 9.80 Å². The van der Waals surface area contributed by atoms with Crippen LogP contribution < -0.4 is 9.80 Å². The molecule has 0 saturated carbocycles. The lowest BCUT2D eigenvalue weighted by molar-refractivity contribution is 0.398. The molecule has 2 nitrogen and oxygen atoms in total. The molecule has 0 fully saturated rings. The SMILES string of the molecule is CCCCCCCCC1(CCCCCCCC)c2cc(N(c3ccc(-c4ccc(CCCC)cc4)cc3)c3ccc(-c4ccc(CCCC)cc4)cc3)ccc2-c2ccc(N(c3ccc(-c4ccc(C(C)(C)C)cc4)cc3)c3ccc(C4(c5ccc(C)cc5)c5cc(Br)ccc5-c5ccc(Br)cc54)cc3)cc21. The number of hydrogen-bond donors (Lipinski definition) is 0. The van der Waals surface area contributed by atoms with Crippen molar-refractivity contribution in [3.05, 3.63) is 332 Å². The Balaban J connectivity index is 0.925. The lowest BCUT2D eigenvalue weighted by Crippen LogP contribution is -2.28. The first-order valence-electron chi connectivity index (χ1n) is 40.5. The molecule has 0 unspecified atom stereocenters. The maximum Gasteiger partial charge on any atom is 0.0714 e. The second kappa shape index (κ2) is 33.8. The predicted molar refractivity (Wildman–Crippen MR) is 468 cm³/mol. The van der Waals surface area contributed by atoms with E-state index in [0.29, 0.717) is 0 Å². The third-order valence-electron chi connectivity index (χ3n) is 23.5. The molecular weight excluding hydrogens is 1420 g/mol. The van der Waals surface area contributed by atoms with Gasteiger partial charge >= 0.3 is 0 Å². The van der Waals surface area contributed by atoms with Gasteiger partial charge in [-0.05, 0) is 254 Å². The Labute approximate surface area is 658 Å². The fourth-order valence-electron chi connectivity index (χ4n) is 17.5. The van der Waals surface area contributed by atoms with Gasteiger partial charge in [0.25, 0.3) is 0 Å². The van der Waals surface area contributed by atoms with Gasteiger partial charge in [-0.3, -0.25) is 0 Å². The number of rotatable bonds is 31. The van der Waals surface area contributed by atoms with Gasteiger partial charge in [-0.15, -0.1) is 0 Å². The standard InChI is InChI=1S/C103H108Br2N2/c1-9-13-17-19-21-23-67-102(68-24-22-20-18-14-10-2)97-71-91(106(87-53-39-79(40-54-87)76-33-29-74(30-34-76)25-15-11-3)88-55-41-80(42-56-88)77-35-31-75(32-36-77)26-16-12-4)61-65-93(97)94-66-62-92(72-98(94)102)107(89-57-43-81(44-58-89)78-37-47-82(48-38-78)101(6,7)8)90-59-49-84(50-60-90)103(83-45-27-73(5)28-46-83)99-69-85(104)51-63-95(99)96-64-52-86(105)70-100(96)103/h27-66,69-72H,9-26,67-68H2,1-8H3. The van der Waals surface area contributed by atoms with Crippen LogP contribution in [0.25, 0.3) is 55.6 Å². The van der Waals surface area contributed by atoms with Gasteiger partial charge in [-0.1, -0.05) is 346 Å². The summed E-state index contributed by atoms with van der Waals surface area (Å²) in [6.07, 6.45) is 24.2. The number of aryl methyl sites for hydroxylation is 3. The van der Waals surface area contributed by atoms with Crippen molar-refractivity contribution in [2.75, 3.05) is 9.80 Å². The molecule has 12 aromatic rings. The van der Waals surface area contributed by atoms with Crippen molar-refractivity contribution < 1.29 is 0 Å². The normalized spacial score (nSPS) is 13.1. The fourth-order valence-corrected chi connectivity index (χ4v) is 18.2. The van der Waals surface area contributed by atoms with E-state index in [4.69, 9.17) is 0 Å². The number of nitrogens with zero attached hydrogens (tertiary/aromatic N) is 2. The van der Waals surface area contributed by atoms with Crippen molar-refractivity contribution in [1.29, 1.82) is 0 Å². The third kappa shape index (κ3) is 15.9. The van der Waals surface area contributed by atoms with E-state index in [1.54, 1.807) is 0 Å². The van der Waals surface area contributed by atoms with Crippen LogP contribution >= 0.6 is 31.9 Å². The molecule has 2 aliphatic rings. The fraction of sp³-hybridized carbons (Fsp3) is 0.301. The first kappa shape index (κ1) is 75.0. The van der Waals surface area contributed by atoms with E-state index in [2.05, 4.69) is 364 Å². The molecule has 107 heavy (non-hydrogen) atoms. The van der Waals surface area contributed by atoms with E-state index in [1.807, 2.05) is 0 Å². The lowest BCUT2D eigenvalue weighted by Gasteiger charge is -2.36. The highest BCUT2D eigenvalue weighted by molar-refractivity contribution is 9.10. The maximum atomic E-state index is 3.98. The minimum Gasteiger partial charge on any atom is -0.310 e. The van der Waals surface area contributed by atoms with Gasteiger partial charge in [0.15, 0.2) is 0 Å². The maximum absolute atomic E-state index is 3.98. The molecule has 0 atom stereocenters. The molecule has 0 amide bonds. The molecular formula is C103H108Br2N2. The Kier molecular flexibility index (Phi) is 23.7. The average molecular weight is 1530 g/mol. The van der Waals surface area contributed by atoms with Crippen molar-refractivity contribution in [1.82, 2.24) is 0 Å². The molecule has 0 aromatic heterocycles. The van der Waals surface area contributed by atoms with E-state index >= 15 is 0 Å². The van der Waals surface area contributed by atoms with Crippen LogP contribution in [-0.2, 0) is 29.1 Å². The third-order valence-corrected chi connectivity index (χ3v) is 24.5. The number of fused-ring (bicyclic) bond motifs is 6. The highest BCUT2D eigenvalue weighted by Crippen LogP contribution is 2.60. The van der Waals surface area contributed by atoms with Crippen LogP contribution in [0.15, 0.2) is 276 Å². The van der Waals surface area contributed by atoms with Crippen LogP contribution in [0.1, 0.15) is 220 Å². The Bertz CT molecular complexity index is 4780. The van der Waals surface area contributed by atoms with Crippen molar-refractivity contribution in [2.24, 2.45) is 0 Å². The zero-order valence-electron chi connectivity index (χ0n) is 64.7. The monoisotopic (exact) mass is 1530 g/mol. The summed E-state index contributed by atoms with van der Waals surface area (Å²) in [7, 11) is 0. The molecule has 0 N–H and O–H groups in total. The molecule has 0 radical (unpaired) electrons. The molecule has 0 aliphatic heterocycles. The quantitative estimate of drug-likeness (QED) is 0.0400. The summed E-state index contributed by atoms with van der Waals surface area (Å²) in [4.78, 5) is 5.10. The molecule has 12 aromatic carbocycles. The van der Waals surface area contributed by atoms with Gasteiger partial charge in [0.05, 0.1) is 5.41 Å². The van der Waals surface area contributed by atoms with Gasteiger partial charge in [0, 0.05) is 48.5 Å². The number of halogens is 2. The highest BCUT2D eigenvalue weighted by Gasteiger charge is 2.47. The number of unbranched alkanes of at least 4 members (excludes halogenated alkanes) is 12. The highest BCUT2D eigenvalue weighted by atomic mass is 79.9. The van der Waals surface area contributed by atoms with E-state index in [0.717, 1.165) is 57.4 Å². The van der Waals surface area contributed by atoms with Crippen LogP contribution in [0.3, 0.4) is 0 Å². The second-order valence-corrected chi connectivity index (χ2v) is 33.7. The van der Waals surface area contributed by atoms with Gasteiger partial charge in [-0.2, -0.15) is 0 Å². The summed E-state index contributed by atoms with van der Waals surface area (Å²) in [5.74, 6) is 0. The van der Waals surface area contributed by atoms with E-state index < -0.39 is 5.41 Å². The average Bonchev–Trinajstić information content (AvgIpc) is 1.54. The first-order valence-corrected chi connectivity index (χ1v) is 42.1. The van der Waals surface area contributed by atoms with Crippen molar-refractivity contribution in [2.45, 2.75) is 200 Å². The summed E-state index contributed by atoms with van der Waals surface area (Å²) in [6, 6.07) is 104.